The van der Waals surface area contributed by atoms with E-state index in [4.69, 9.17) is 11.6 Å². The van der Waals surface area contributed by atoms with Crippen molar-refractivity contribution in [1.29, 1.82) is 0 Å². The van der Waals surface area contributed by atoms with Gasteiger partial charge in [0.05, 0.1) is 5.02 Å². The van der Waals surface area contributed by atoms with Gasteiger partial charge in [0.15, 0.2) is 0 Å². The molecule has 0 saturated carbocycles. The second-order valence-electron chi connectivity index (χ2n) is 2.35. The molecule has 54 valence electrons. The van der Waals surface area contributed by atoms with Crippen LogP contribution in [-0.4, -0.2) is 0 Å². The largest absolute Gasteiger partial charge is 0.0832 e. The van der Waals surface area contributed by atoms with Crippen LogP contribution < -0.4 is 0 Å². The SMILES string of the molecule is Cc1cc(Cl)c(I)cc1C. The Hall–Kier alpha value is 0.240. The summed E-state index contributed by atoms with van der Waals surface area (Å²) < 4.78 is 1.13. The van der Waals surface area contributed by atoms with Gasteiger partial charge in [-0.15, -0.1) is 0 Å². The van der Waals surface area contributed by atoms with Crippen molar-refractivity contribution in [3.05, 3.63) is 31.9 Å². The number of halogens is 2. The molecule has 0 aliphatic heterocycles. The Morgan fingerprint density at radius 1 is 1.20 bits per heavy atom. The summed E-state index contributed by atoms with van der Waals surface area (Å²) in [4.78, 5) is 0. The van der Waals surface area contributed by atoms with Crippen molar-refractivity contribution >= 4 is 34.2 Å². The van der Waals surface area contributed by atoms with Crippen LogP contribution in [0.5, 0.6) is 0 Å². The van der Waals surface area contributed by atoms with Crippen LogP contribution >= 0.6 is 34.2 Å². The third-order valence-electron chi connectivity index (χ3n) is 1.54. The number of hydrogen-bond acceptors (Lipinski definition) is 0. The average molecular weight is 267 g/mol. The molecule has 1 aromatic carbocycles. The van der Waals surface area contributed by atoms with Crippen molar-refractivity contribution in [2.45, 2.75) is 13.8 Å². The highest BCUT2D eigenvalue weighted by Gasteiger charge is 1.98. The highest BCUT2D eigenvalue weighted by Crippen LogP contribution is 2.21. The van der Waals surface area contributed by atoms with Crippen LogP contribution in [0.3, 0.4) is 0 Å². The van der Waals surface area contributed by atoms with Crippen LogP contribution in [0.4, 0.5) is 0 Å². The van der Waals surface area contributed by atoms with Gasteiger partial charge in [-0.1, -0.05) is 11.6 Å². The molecular weight excluding hydrogens is 258 g/mol. The van der Waals surface area contributed by atoms with Gasteiger partial charge in [-0.3, -0.25) is 0 Å². The van der Waals surface area contributed by atoms with Crippen molar-refractivity contribution in [1.82, 2.24) is 0 Å². The summed E-state index contributed by atoms with van der Waals surface area (Å²) in [5.74, 6) is 0. The van der Waals surface area contributed by atoms with Crippen molar-refractivity contribution in [3.63, 3.8) is 0 Å². The quantitative estimate of drug-likeness (QED) is 0.630. The summed E-state index contributed by atoms with van der Waals surface area (Å²) in [5, 5.41) is 0.851. The first-order valence-corrected chi connectivity index (χ1v) is 4.49. The summed E-state index contributed by atoms with van der Waals surface area (Å²) >= 11 is 8.11. The van der Waals surface area contributed by atoms with E-state index in [9.17, 15) is 0 Å². The standard InChI is InChI=1S/C8H8ClI/c1-5-3-7(9)8(10)4-6(5)2/h3-4H,1-2H3. The van der Waals surface area contributed by atoms with E-state index in [1.807, 2.05) is 6.07 Å². The molecule has 1 rings (SSSR count). The van der Waals surface area contributed by atoms with Gasteiger partial charge in [0.2, 0.25) is 0 Å². The molecule has 0 nitrogen and oxygen atoms in total. The van der Waals surface area contributed by atoms with Crippen LogP contribution in [0, 0.1) is 17.4 Å². The summed E-state index contributed by atoms with van der Waals surface area (Å²) in [5.41, 5.74) is 2.55. The average Bonchev–Trinajstić information content (AvgIpc) is 1.84. The number of aryl methyl sites for hydroxylation is 2. The Morgan fingerprint density at radius 3 is 2.20 bits per heavy atom. The van der Waals surface area contributed by atoms with Gasteiger partial charge in [0, 0.05) is 3.57 Å². The molecule has 0 amide bonds. The Bertz CT molecular complexity index is 205. The summed E-state index contributed by atoms with van der Waals surface area (Å²) in [7, 11) is 0. The Morgan fingerprint density at radius 2 is 1.70 bits per heavy atom. The van der Waals surface area contributed by atoms with Crippen LogP contribution in [0.1, 0.15) is 11.1 Å². The molecule has 0 spiro atoms. The first kappa shape index (κ1) is 8.34. The minimum atomic E-state index is 0.851. The second kappa shape index (κ2) is 3.09. The minimum Gasteiger partial charge on any atom is -0.0832 e. The molecule has 0 radical (unpaired) electrons. The third-order valence-corrected chi connectivity index (χ3v) is 3.06. The fourth-order valence-electron chi connectivity index (χ4n) is 0.746. The molecule has 0 atom stereocenters. The van der Waals surface area contributed by atoms with Crippen molar-refractivity contribution in [2.24, 2.45) is 0 Å². The molecule has 0 bridgehead atoms. The van der Waals surface area contributed by atoms with Crippen LogP contribution in [0.25, 0.3) is 0 Å². The van der Waals surface area contributed by atoms with E-state index in [-0.39, 0.29) is 0 Å². The van der Waals surface area contributed by atoms with Gasteiger partial charge in [-0.25, -0.2) is 0 Å². The molecule has 0 unspecified atom stereocenters. The fraction of sp³-hybridized carbons (Fsp3) is 0.250. The lowest BCUT2D eigenvalue weighted by Crippen LogP contribution is -1.82. The third kappa shape index (κ3) is 1.64. The van der Waals surface area contributed by atoms with Crippen molar-refractivity contribution in [2.75, 3.05) is 0 Å². The van der Waals surface area contributed by atoms with Gasteiger partial charge >= 0.3 is 0 Å². The predicted molar refractivity (Wildman–Crippen MR) is 53.6 cm³/mol. The van der Waals surface area contributed by atoms with Gasteiger partial charge in [0.25, 0.3) is 0 Å². The normalized spacial score (nSPS) is 10.0. The number of rotatable bonds is 0. The van der Waals surface area contributed by atoms with Crippen LogP contribution in [0.2, 0.25) is 5.02 Å². The molecule has 0 heterocycles. The van der Waals surface area contributed by atoms with Gasteiger partial charge in [0.1, 0.15) is 0 Å². The Balaban J connectivity index is 3.28. The smallest absolute Gasteiger partial charge is 0.0542 e. The molecule has 0 N–H and O–H groups in total. The fourth-order valence-corrected chi connectivity index (χ4v) is 1.59. The molecule has 0 saturated heterocycles. The highest BCUT2D eigenvalue weighted by molar-refractivity contribution is 14.1. The maximum Gasteiger partial charge on any atom is 0.0542 e. The monoisotopic (exact) mass is 266 g/mol. The van der Waals surface area contributed by atoms with E-state index in [1.54, 1.807) is 0 Å². The predicted octanol–water partition coefficient (Wildman–Crippen LogP) is 3.56. The number of hydrogen-bond donors (Lipinski definition) is 0. The summed E-state index contributed by atoms with van der Waals surface area (Å²) in [6.45, 7) is 4.16. The maximum atomic E-state index is 5.88. The Kier molecular flexibility index (Phi) is 2.58. The van der Waals surface area contributed by atoms with Crippen LogP contribution in [0.15, 0.2) is 12.1 Å². The van der Waals surface area contributed by atoms with E-state index in [0.717, 1.165) is 8.59 Å². The Labute approximate surface area is 79.7 Å². The maximum absolute atomic E-state index is 5.88. The summed E-state index contributed by atoms with van der Waals surface area (Å²) in [6, 6.07) is 4.09. The van der Waals surface area contributed by atoms with Gasteiger partial charge < -0.3 is 0 Å². The lowest BCUT2D eigenvalue weighted by atomic mass is 10.1. The van der Waals surface area contributed by atoms with E-state index in [2.05, 4.69) is 42.5 Å². The van der Waals surface area contributed by atoms with Crippen molar-refractivity contribution in [3.8, 4) is 0 Å². The topological polar surface area (TPSA) is 0 Å². The molecule has 2 heteroatoms. The van der Waals surface area contributed by atoms with E-state index >= 15 is 0 Å². The van der Waals surface area contributed by atoms with E-state index in [1.165, 1.54) is 11.1 Å². The van der Waals surface area contributed by atoms with Gasteiger partial charge in [-0.2, -0.15) is 0 Å². The molecule has 0 aliphatic carbocycles. The van der Waals surface area contributed by atoms with E-state index < -0.39 is 0 Å². The second-order valence-corrected chi connectivity index (χ2v) is 3.92. The minimum absolute atomic E-state index is 0.851. The zero-order valence-corrected chi connectivity index (χ0v) is 8.82. The highest BCUT2D eigenvalue weighted by atomic mass is 127. The molecule has 1 aromatic rings. The lowest BCUT2D eigenvalue weighted by Gasteiger charge is -2.01. The zero-order valence-electron chi connectivity index (χ0n) is 5.91. The van der Waals surface area contributed by atoms with Crippen molar-refractivity contribution < 1.29 is 0 Å². The molecule has 0 aliphatic rings. The number of benzene rings is 1. The first-order chi connectivity index (χ1) is 4.61. The molecular formula is C8H8ClI. The molecule has 0 aromatic heterocycles. The van der Waals surface area contributed by atoms with E-state index in [0.29, 0.717) is 0 Å². The van der Waals surface area contributed by atoms with Crippen LogP contribution in [-0.2, 0) is 0 Å². The van der Waals surface area contributed by atoms with Gasteiger partial charge in [-0.05, 0) is 59.7 Å². The molecule has 10 heavy (non-hydrogen) atoms. The summed E-state index contributed by atoms with van der Waals surface area (Å²) in [6.07, 6.45) is 0. The molecule has 0 fully saturated rings. The lowest BCUT2D eigenvalue weighted by molar-refractivity contribution is 1.33. The first-order valence-electron chi connectivity index (χ1n) is 3.03. The zero-order chi connectivity index (χ0) is 7.72.